The van der Waals surface area contributed by atoms with E-state index in [1.165, 1.54) is 0 Å². The molecule has 4 nitrogen and oxygen atoms in total. The van der Waals surface area contributed by atoms with Crippen LogP contribution in [-0.4, -0.2) is 42.7 Å². The molecule has 0 amide bonds. The minimum absolute atomic E-state index is 0.364. The van der Waals surface area contributed by atoms with Crippen LogP contribution in [0.15, 0.2) is 0 Å². The molecule has 0 fully saturated rings. The van der Waals surface area contributed by atoms with E-state index in [4.69, 9.17) is 10.8 Å². The van der Waals surface area contributed by atoms with Gasteiger partial charge in [0.25, 0.3) is 0 Å². The van der Waals surface area contributed by atoms with Crippen molar-refractivity contribution in [2.24, 2.45) is 5.73 Å². The highest BCUT2D eigenvalue weighted by molar-refractivity contribution is 5.73. The third-order valence-corrected chi connectivity index (χ3v) is 1.84. The largest absolute Gasteiger partial charge is 0.480 e. The molecule has 12 heavy (non-hydrogen) atoms. The lowest BCUT2D eigenvalue weighted by atomic mass is 10.1. The van der Waals surface area contributed by atoms with E-state index in [9.17, 15) is 4.79 Å². The van der Waals surface area contributed by atoms with Crippen LogP contribution in [0.2, 0.25) is 0 Å². The minimum atomic E-state index is -0.753. The maximum absolute atomic E-state index is 10.7. The van der Waals surface area contributed by atoms with Gasteiger partial charge in [-0.1, -0.05) is 6.42 Å². The van der Waals surface area contributed by atoms with Crippen molar-refractivity contribution in [3.63, 3.8) is 0 Å². The van der Waals surface area contributed by atoms with Crippen LogP contribution in [-0.2, 0) is 4.79 Å². The molecule has 0 heterocycles. The number of nitrogens with two attached hydrogens (primary N) is 1. The van der Waals surface area contributed by atoms with Crippen molar-refractivity contribution in [1.82, 2.24) is 4.90 Å². The molecule has 0 unspecified atom stereocenters. The summed E-state index contributed by atoms with van der Waals surface area (Å²) in [7, 11) is 3.56. The van der Waals surface area contributed by atoms with Gasteiger partial charge in [-0.15, -0.1) is 0 Å². The summed E-state index contributed by atoms with van der Waals surface area (Å²) < 4.78 is 0. The summed E-state index contributed by atoms with van der Waals surface area (Å²) in [4.78, 5) is 12.4. The van der Waals surface area contributed by atoms with Gasteiger partial charge in [-0.25, -0.2) is 0 Å². The Bertz CT molecular complexity index is 137. The first kappa shape index (κ1) is 11.4. The minimum Gasteiger partial charge on any atom is -0.480 e. The summed E-state index contributed by atoms with van der Waals surface area (Å²) in [6, 6.07) is -0.364. The van der Waals surface area contributed by atoms with Crippen molar-refractivity contribution < 1.29 is 9.90 Å². The molecule has 0 spiro atoms. The highest BCUT2D eigenvalue weighted by atomic mass is 16.4. The molecule has 72 valence electrons. The summed E-state index contributed by atoms with van der Waals surface area (Å²) in [5, 5.41) is 8.77. The first-order valence-corrected chi connectivity index (χ1v) is 4.19. The highest BCUT2D eigenvalue weighted by Crippen LogP contribution is 2.05. The fourth-order valence-electron chi connectivity index (χ4n) is 1.08. The second kappa shape index (κ2) is 5.97. The molecule has 0 aromatic carbocycles. The van der Waals surface area contributed by atoms with Crippen molar-refractivity contribution in [1.29, 1.82) is 0 Å². The van der Waals surface area contributed by atoms with Gasteiger partial charge in [-0.2, -0.15) is 0 Å². The Hall–Kier alpha value is -0.610. The van der Waals surface area contributed by atoms with Gasteiger partial charge in [0, 0.05) is 0 Å². The summed E-state index contributed by atoms with van der Waals surface area (Å²) in [5.41, 5.74) is 5.31. The molecule has 0 radical (unpaired) electrons. The number of likely N-dealkylation sites (N-methyl/N-ethyl adjacent to an activating group) is 1. The highest BCUT2D eigenvalue weighted by Gasteiger charge is 2.18. The summed E-state index contributed by atoms with van der Waals surface area (Å²) >= 11 is 0. The Morgan fingerprint density at radius 2 is 2.08 bits per heavy atom. The first-order valence-electron chi connectivity index (χ1n) is 4.19. The van der Waals surface area contributed by atoms with Gasteiger partial charge in [-0.3, -0.25) is 9.69 Å². The van der Waals surface area contributed by atoms with Gasteiger partial charge in [0.15, 0.2) is 0 Å². The van der Waals surface area contributed by atoms with Gasteiger partial charge in [0.05, 0.1) is 0 Å². The zero-order chi connectivity index (χ0) is 9.56. The van der Waals surface area contributed by atoms with Crippen LogP contribution in [0.3, 0.4) is 0 Å². The monoisotopic (exact) mass is 174 g/mol. The SMILES string of the molecule is CN(C)[C@@H](CCCCN)C(=O)O. The van der Waals surface area contributed by atoms with Crippen LogP contribution in [0.5, 0.6) is 0 Å². The zero-order valence-corrected chi connectivity index (χ0v) is 7.79. The van der Waals surface area contributed by atoms with Crippen molar-refractivity contribution >= 4 is 5.97 Å². The van der Waals surface area contributed by atoms with E-state index in [-0.39, 0.29) is 6.04 Å². The van der Waals surface area contributed by atoms with E-state index >= 15 is 0 Å². The average Bonchev–Trinajstić information content (AvgIpc) is 1.96. The Morgan fingerprint density at radius 1 is 1.50 bits per heavy atom. The second-order valence-corrected chi connectivity index (χ2v) is 3.10. The Balaban J connectivity index is 3.72. The van der Waals surface area contributed by atoms with Crippen LogP contribution in [0.25, 0.3) is 0 Å². The normalized spacial score (nSPS) is 13.3. The summed E-state index contributed by atoms with van der Waals surface area (Å²) in [5.74, 6) is -0.753. The van der Waals surface area contributed by atoms with E-state index in [0.717, 1.165) is 12.8 Å². The van der Waals surface area contributed by atoms with E-state index < -0.39 is 5.97 Å². The third-order valence-electron chi connectivity index (χ3n) is 1.84. The number of carbonyl (C=O) groups is 1. The number of hydrogen-bond acceptors (Lipinski definition) is 3. The number of aliphatic carboxylic acids is 1. The molecule has 0 aromatic heterocycles. The van der Waals surface area contributed by atoms with E-state index in [2.05, 4.69) is 0 Å². The van der Waals surface area contributed by atoms with Crippen molar-refractivity contribution in [2.75, 3.05) is 20.6 Å². The number of hydrogen-bond donors (Lipinski definition) is 2. The molecule has 0 saturated heterocycles. The second-order valence-electron chi connectivity index (χ2n) is 3.10. The maximum atomic E-state index is 10.7. The van der Waals surface area contributed by atoms with Crippen LogP contribution in [0.4, 0.5) is 0 Å². The molecule has 0 aromatic rings. The third kappa shape index (κ3) is 4.31. The van der Waals surface area contributed by atoms with E-state index in [1.54, 1.807) is 19.0 Å². The predicted molar refractivity (Wildman–Crippen MR) is 48.0 cm³/mol. The standard InChI is InChI=1S/C8H18N2O2/c1-10(2)7(8(11)12)5-3-4-6-9/h7H,3-6,9H2,1-2H3,(H,11,12)/t7-/m0/s1. The lowest BCUT2D eigenvalue weighted by Crippen LogP contribution is -2.35. The Morgan fingerprint density at radius 3 is 2.42 bits per heavy atom. The van der Waals surface area contributed by atoms with Crippen molar-refractivity contribution in [2.45, 2.75) is 25.3 Å². The van der Waals surface area contributed by atoms with Crippen molar-refractivity contribution in [3.05, 3.63) is 0 Å². The maximum Gasteiger partial charge on any atom is 0.320 e. The van der Waals surface area contributed by atoms with Gasteiger partial charge < -0.3 is 10.8 Å². The summed E-state index contributed by atoms with van der Waals surface area (Å²) in [6.45, 7) is 0.639. The van der Waals surface area contributed by atoms with Gasteiger partial charge >= 0.3 is 5.97 Å². The Kier molecular flexibility index (Phi) is 5.66. The molecule has 0 saturated carbocycles. The fraction of sp³-hybridized carbons (Fsp3) is 0.875. The predicted octanol–water partition coefficient (Wildman–Crippen LogP) is 0.130. The van der Waals surface area contributed by atoms with E-state index in [0.29, 0.717) is 13.0 Å². The van der Waals surface area contributed by atoms with Crippen LogP contribution in [0.1, 0.15) is 19.3 Å². The van der Waals surface area contributed by atoms with Crippen LogP contribution in [0, 0.1) is 0 Å². The molecular weight excluding hydrogens is 156 g/mol. The van der Waals surface area contributed by atoms with Crippen LogP contribution >= 0.6 is 0 Å². The van der Waals surface area contributed by atoms with Crippen molar-refractivity contribution in [3.8, 4) is 0 Å². The molecule has 0 aliphatic heterocycles. The van der Waals surface area contributed by atoms with Gasteiger partial charge in [0.2, 0.25) is 0 Å². The molecule has 3 N–H and O–H groups in total. The fourth-order valence-corrected chi connectivity index (χ4v) is 1.08. The van der Waals surface area contributed by atoms with E-state index in [1.807, 2.05) is 0 Å². The number of unbranched alkanes of at least 4 members (excludes halogenated alkanes) is 1. The first-order chi connectivity index (χ1) is 5.59. The molecule has 0 bridgehead atoms. The number of rotatable bonds is 6. The quantitative estimate of drug-likeness (QED) is 0.562. The number of nitrogens with zero attached hydrogens (tertiary/aromatic N) is 1. The molecule has 0 aliphatic rings. The lowest BCUT2D eigenvalue weighted by Gasteiger charge is -2.19. The molecule has 0 aliphatic carbocycles. The molecule has 4 heteroatoms. The topological polar surface area (TPSA) is 66.6 Å². The van der Waals surface area contributed by atoms with Gasteiger partial charge in [-0.05, 0) is 33.5 Å². The number of carboxylic acids is 1. The molecular formula is C8H18N2O2. The zero-order valence-electron chi connectivity index (χ0n) is 7.79. The average molecular weight is 174 g/mol. The number of carboxylic acid groups (broad SMARTS) is 1. The molecule has 1 atom stereocenters. The summed E-state index contributed by atoms with van der Waals surface area (Å²) in [6.07, 6.45) is 2.46. The van der Waals surface area contributed by atoms with Crippen LogP contribution < -0.4 is 5.73 Å². The molecule has 0 rings (SSSR count). The van der Waals surface area contributed by atoms with Gasteiger partial charge in [0.1, 0.15) is 6.04 Å². The lowest BCUT2D eigenvalue weighted by molar-refractivity contribution is -0.142. The Labute approximate surface area is 73.3 Å². The smallest absolute Gasteiger partial charge is 0.320 e.